The van der Waals surface area contributed by atoms with E-state index in [0.29, 0.717) is 0 Å². The summed E-state index contributed by atoms with van der Waals surface area (Å²) in [6.45, 7) is 0.269. The molecule has 13 heteroatoms. The van der Waals surface area contributed by atoms with Crippen molar-refractivity contribution in [3.05, 3.63) is 0 Å². The molecule has 0 atom stereocenters. The van der Waals surface area contributed by atoms with Crippen molar-refractivity contribution in [3.8, 4) is 0 Å². The van der Waals surface area contributed by atoms with Crippen molar-refractivity contribution in [1.29, 1.82) is 0 Å². The normalized spacial score (nSPS) is 14.2. The van der Waals surface area contributed by atoms with Gasteiger partial charge in [0.15, 0.2) is 13.2 Å². The minimum atomic E-state index is -7.08. The van der Waals surface area contributed by atoms with Crippen molar-refractivity contribution in [1.82, 2.24) is 0 Å². The van der Waals surface area contributed by atoms with Gasteiger partial charge in [-0.2, -0.15) is 39.5 Å². The number of esters is 2. The largest absolute Gasteiger partial charge is 0.460 e. The van der Waals surface area contributed by atoms with Crippen molar-refractivity contribution in [2.75, 3.05) is 13.2 Å². The summed E-state index contributed by atoms with van der Waals surface area (Å²) < 4.78 is 121. The molecule has 0 spiro atoms. The molecule has 0 saturated heterocycles. The summed E-state index contributed by atoms with van der Waals surface area (Å²) in [6.07, 6.45) is -6.72. The molecule has 0 N–H and O–H groups in total. The van der Waals surface area contributed by atoms with Gasteiger partial charge in [0.05, 0.1) is 5.41 Å². The van der Waals surface area contributed by atoms with E-state index < -0.39 is 54.5 Å². The van der Waals surface area contributed by atoms with Crippen LogP contribution in [0.25, 0.3) is 0 Å². The lowest BCUT2D eigenvalue weighted by Crippen LogP contribution is -2.62. The van der Waals surface area contributed by atoms with Gasteiger partial charge in [-0.15, -0.1) is 0 Å². The second-order valence-electron chi connectivity index (χ2n) is 5.83. The molecule has 4 nitrogen and oxygen atoms in total. The van der Waals surface area contributed by atoms with E-state index in [-0.39, 0.29) is 6.42 Å². The molecule has 0 heterocycles. The van der Waals surface area contributed by atoms with Gasteiger partial charge in [-0.05, 0) is 20.3 Å². The minimum absolute atomic E-state index is 0.248. The van der Waals surface area contributed by atoms with Crippen LogP contribution in [0.3, 0.4) is 0 Å². The van der Waals surface area contributed by atoms with E-state index in [1.54, 1.807) is 6.92 Å². The second-order valence-corrected chi connectivity index (χ2v) is 5.83. The summed E-state index contributed by atoms with van der Waals surface area (Å²) in [7, 11) is 0. The summed E-state index contributed by atoms with van der Waals surface area (Å²) in [6, 6.07) is 0. The third-order valence-corrected chi connectivity index (χ3v) is 3.38. The van der Waals surface area contributed by atoms with Gasteiger partial charge in [0.25, 0.3) is 0 Å². The van der Waals surface area contributed by atoms with E-state index >= 15 is 0 Å². The predicted molar refractivity (Wildman–Crippen MR) is 66.9 cm³/mol. The number of carbonyl (C=O) groups is 2. The van der Waals surface area contributed by atoms with Gasteiger partial charge < -0.3 is 9.47 Å². The summed E-state index contributed by atoms with van der Waals surface area (Å²) in [5, 5.41) is 0. The highest BCUT2D eigenvalue weighted by molar-refractivity contribution is 5.79. The first-order valence-electron chi connectivity index (χ1n) is 6.86. The number of rotatable bonds is 8. The lowest BCUT2D eigenvalue weighted by Gasteiger charge is -2.33. The van der Waals surface area contributed by atoms with Gasteiger partial charge in [-0.25, -0.2) is 4.79 Å². The van der Waals surface area contributed by atoms with Crippen molar-refractivity contribution < 1.29 is 58.6 Å². The summed E-state index contributed by atoms with van der Waals surface area (Å²) >= 11 is 0. The summed E-state index contributed by atoms with van der Waals surface area (Å²) in [4.78, 5) is 22.6. The van der Waals surface area contributed by atoms with Gasteiger partial charge in [0.2, 0.25) is 0 Å². The van der Waals surface area contributed by atoms with E-state index in [4.69, 9.17) is 0 Å². The van der Waals surface area contributed by atoms with Crippen LogP contribution < -0.4 is 0 Å². The smallest absolute Gasteiger partial charge is 0.456 e. The molecular weight excluding hydrogens is 391 g/mol. The van der Waals surface area contributed by atoms with Crippen LogP contribution in [0.1, 0.15) is 27.2 Å². The van der Waals surface area contributed by atoms with Crippen LogP contribution in [0.2, 0.25) is 0 Å². The van der Waals surface area contributed by atoms with Crippen molar-refractivity contribution in [3.63, 3.8) is 0 Å². The number of ether oxygens (including phenoxy) is 2. The van der Waals surface area contributed by atoms with Crippen LogP contribution in [0.4, 0.5) is 39.5 Å². The fourth-order valence-corrected chi connectivity index (χ4v) is 1.18. The number of halogens is 9. The Morgan fingerprint density at radius 3 is 1.65 bits per heavy atom. The van der Waals surface area contributed by atoms with Crippen LogP contribution >= 0.6 is 0 Å². The monoisotopic (exact) mass is 406 g/mol. The maximum atomic E-state index is 13.1. The van der Waals surface area contributed by atoms with Crippen molar-refractivity contribution in [2.24, 2.45) is 5.41 Å². The van der Waals surface area contributed by atoms with E-state index in [1.165, 1.54) is 13.8 Å². The Balaban J connectivity index is 4.93. The third-order valence-electron chi connectivity index (χ3n) is 3.38. The Kier molecular flexibility index (Phi) is 7.02. The Bertz CT molecular complexity index is 526. The maximum absolute atomic E-state index is 13.1. The fourth-order valence-electron chi connectivity index (χ4n) is 1.18. The molecule has 0 unspecified atom stereocenters. The highest BCUT2D eigenvalue weighted by atomic mass is 19.4. The quantitative estimate of drug-likeness (QED) is 0.452. The molecule has 0 radical (unpaired) electrons. The molecule has 0 aliphatic rings. The number of alkyl halides is 9. The molecule has 0 aromatic heterocycles. The van der Waals surface area contributed by atoms with Gasteiger partial charge in [0, 0.05) is 0 Å². The minimum Gasteiger partial charge on any atom is -0.456 e. The SMILES string of the molecule is CCC(C)(C)C(=O)OCC(=O)OCC(F)(F)C(F)(F)C(F)(F)C(F)(F)F. The number of hydrogen-bond acceptors (Lipinski definition) is 4. The Morgan fingerprint density at radius 1 is 0.808 bits per heavy atom. The molecule has 0 aliphatic carbocycles. The standard InChI is InChI=1S/C13H15F9O4/c1-4-9(2,3)8(24)25-5-7(23)26-6-10(14,15)11(16,17)12(18,19)13(20,21)22/h4-6H2,1-3H3. The number of carbonyl (C=O) groups excluding carboxylic acids is 2. The van der Waals surface area contributed by atoms with Gasteiger partial charge in [-0.3, -0.25) is 4.79 Å². The van der Waals surface area contributed by atoms with E-state index in [1.807, 2.05) is 0 Å². The Labute approximate surface area is 141 Å². The molecule has 26 heavy (non-hydrogen) atoms. The topological polar surface area (TPSA) is 52.6 Å². The van der Waals surface area contributed by atoms with Crippen LogP contribution in [0.15, 0.2) is 0 Å². The first-order chi connectivity index (χ1) is 11.3. The summed E-state index contributed by atoms with van der Waals surface area (Å²) in [5.41, 5.74) is -1.08. The average Bonchev–Trinajstić information content (AvgIpc) is 2.48. The van der Waals surface area contributed by atoms with Crippen molar-refractivity contribution in [2.45, 2.75) is 51.1 Å². The van der Waals surface area contributed by atoms with E-state index in [9.17, 15) is 49.1 Å². The lowest BCUT2D eigenvalue weighted by molar-refractivity contribution is -0.398. The van der Waals surface area contributed by atoms with Gasteiger partial charge >= 0.3 is 35.9 Å². The molecule has 0 bridgehead atoms. The molecule has 0 aromatic rings. The van der Waals surface area contributed by atoms with Crippen LogP contribution in [-0.2, 0) is 19.1 Å². The second kappa shape index (κ2) is 7.51. The Hall–Kier alpha value is -1.69. The molecule has 0 aromatic carbocycles. The van der Waals surface area contributed by atoms with Gasteiger partial charge in [-0.1, -0.05) is 6.92 Å². The molecular formula is C13H15F9O4. The molecule has 0 saturated carbocycles. The van der Waals surface area contributed by atoms with E-state index in [2.05, 4.69) is 9.47 Å². The first kappa shape index (κ1) is 24.3. The van der Waals surface area contributed by atoms with E-state index in [0.717, 1.165) is 0 Å². The predicted octanol–water partition coefficient (Wildman–Crippen LogP) is 3.98. The average molecular weight is 406 g/mol. The fraction of sp³-hybridized carbons (Fsp3) is 0.846. The van der Waals surface area contributed by atoms with Crippen LogP contribution in [0.5, 0.6) is 0 Å². The maximum Gasteiger partial charge on any atom is 0.460 e. The highest BCUT2D eigenvalue weighted by Crippen LogP contribution is 2.53. The highest BCUT2D eigenvalue weighted by Gasteiger charge is 2.81. The van der Waals surface area contributed by atoms with Gasteiger partial charge in [0.1, 0.15) is 0 Å². The molecule has 0 aliphatic heterocycles. The number of hydrogen-bond donors (Lipinski definition) is 0. The molecule has 0 rings (SSSR count). The van der Waals surface area contributed by atoms with Crippen LogP contribution in [-0.4, -0.2) is 49.1 Å². The lowest BCUT2D eigenvalue weighted by atomic mass is 9.91. The zero-order chi connectivity index (χ0) is 21.2. The molecule has 0 amide bonds. The third kappa shape index (κ3) is 4.93. The summed E-state index contributed by atoms with van der Waals surface area (Å²) in [5.74, 6) is -22.8. The van der Waals surface area contributed by atoms with Crippen molar-refractivity contribution >= 4 is 11.9 Å². The zero-order valence-corrected chi connectivity index (χ0v) is 13.7. The molecule has 0 fully saturated rings. The molecule has 154 valence electrons. The van der Waals surface area contributed by atoms with Crippen LogP contribution in [0, 0.1) is 5.41 Å². The first-order valence-corrected chi connectivity index (χ1v) is 6.86. The zero-order valence-electron chi connectivity index (χ0n) is 13.7. The Morgan fingerprint density at radius 2 is 1.27 bits per heavy atom.